The molecule has 1 rings (SSSR count). The van der Waals surface area contributed by atoms with Crippen molar-refractivity contribution in [3.05, 3.63) is 60.7 Å². The summed E-state index contributed by atoms with van der Waals surface area (Å²) < 4.78 is 0. The van der Waals surface area contributed by atoms with Crippen LogP contribution in [0.2, 0.25) is 25.7 Å². The summed E-state index contributed by atoms with van der Waals surface area (Å²) in [5.74, 6) is 0.119. The van der Waals surface area contributed by atoms with Crippen molar-refractivity contribution in [1.29, 1.82) is 0 Å². The lowest BCUT2D eigenvalue weighted by Crippen LogP contribution is -2.17. The number of benzene rings is 1. The minimum absolute atomic E-state index is 0.119. The average Bonchev–Trinajstić information content (AvgIpc) is 2.42. The van der Waals surface area contributed by atoms with Crippen molar-refractivity contribution in [2.24, 2.45) is 5.92 Å². The zero-order chi connectivity index (χ0) is 15.0. The molecule has 0 aliphatic heterocycles. The Labute approximate surface area is 125 Å². The van der Waals surface area contributed by atoms with Gasteiger partial charge < -0.3 is 5.11 Å². The van der Waals surface area contributed by atoms with Crippen LogP contribution in [0.1, 0.15) is 24.5 Å². The van der Waals surface area contributed by atoms with Gasteiger partial charge in [0.2, 0.25) is 0 Å². The summed E-state index contributed by atoms with van der Waals surface area (Å²) in [7, 11) is -0.974. The van der Waals surface area contributed by atoms with Crippen LogP contribution in [-0.2, 0) is 0 Å². The van der Waals surface area contributed by atoms with Crippen LogP contribution in [0.4, 0.5) is 0 Å². The lowest BCUT2D eigenvalue weighted by atomic mass is 9.92. The monoisotopic (exact) mass is 288 g/mol. The molecule has 0 unspecified atom stereocenters. The first kappa shape index (κ1) is 16.9. The summed E-state index contributed by atoms with van der Waals surface area (Å²) >= 11 is 0. The molecule has 0 bridgehead atoms. The van der Waals surface area contributed by atoms with Gasteiger partial charge in [-0.3, -0.25) is 0 Å². The standard InChI is InChI=1S/C18H28OSi/c1-5-16(12-10-7-11-15-20(2,3)4)18(19)17-13-8-6-9-14-17/h5-9,11,13-14,16,18-19H,1,10,12,15H2,2-4H3/b11-7+/t16-,18-/m0/s1. The van der Waals surface area contributed by atoms with Crippen LogP contribution in [0.25, 0.3) is 0 Å². The van der Waals surface area contributed by atoms with Gasteiger partial charge in [-0.1, -0.05) is 68.2 Å². The van der Waals surface area contributed by atoms with Crippen molar-refractivity contribution < 1.29 is 5.11 Å². The Hall–Kier alpha value is -1.12. The molecule has 0 aliphatic rings. The quantitative estimate of drug-likeness (QED) is 0.515. The highest BCUT2D eigenvalue weighted by Crippen LogP contribution is 2.26. The van der Waals surface area contributed by atoms with Crippen LogP contribution in [0.5, 0.6) is 0 Å². The first-order valence-electron chi connectivity index (χ1n) is 7.44. The van der Waals surface area contributed by atoms with Gasteiger partial charge in [-0.05, 0) is 24.4 Å². The molecule has 20 heavy (non-hydrogen) atoms. The zero-order valence-corrected chi connectivity index (χ0v) is 14.0. The predicted octanol–water partition coefficient (Wildman–Crippen LogP) is 5.20. The summed E-state index contributed by atoms with van der Waals surface area (Å²) in [5.41, 5.74) is 0.975. The normalized spacial score (nSPS) is 15.2. The molecule has 1 aromatic rings. The van der Waals surface area contributed by atoms with E-state index < -0.39 is 14.2 Å². The van der Waals surface area contributed by atoms with Gasteiger partial charge in [0, 0.05) is 14.0 Å². The van der Waals surface area contributed by atoms with E-state index in [2.05, 4.69) is 38.4 Å². The Morgan fingerprint density at radius 1 is 1.15 bits per heavy atom. The molecule has 1 aromatic carbocycles. The molecule has 0 spiro atoms. The minimum atomic E-state index is -0.974. The number of aliphatic hydroxyl groups excluding tert-OH is 1. The minimum Gasteiger partial charge on any atom is -0.388 e. The van der Waals surface area contributed by atoms with Gasteiger partial charge in [0.15, 0.2) is 0 Å². The molecule has 0 saturated heterocycles. The third kappa shape index (κ3) is 6.35. The predicted molar refractivity (Wildman–Crippen MR) is 91.6 cm³/mol. The lowest BCUT2D eigenvalue weighted by molar-refractivity contribution is 0.127. The Kier molecular flexibility index (Phi) is 6.96. The molecular formula is C18H28OSi. The van der Waals surface area contributed by atoms with Gasteiger partial charge in [-0.25, -0.2) is 0 Å². The van der Waals surface area contributed by atoms with Crippen LogP contribution in [0.15, 0.2) is 55.1 Å². The van der Waals surface area contributed by atoms with Crippen molar-refractivity contribution in [3.63, 3.8) is 0 Å². The summed E-state index contributed by atoms with van der Waals surface area (Å²) in [4.78, 5) is 0. The van der Waals surface area contributed by atoms with Gasteiger partial charge >= 0.3 is 0 Å². The molecule has 2 heteroatoms. The summed E-state index contributed by atoms with van der Waals surface area (Å²) in [5, 5.41) is 10.4. The molecule has 110 valence electrons. The van der Waals surface area contributed by atoms with Crippen molar-refractivity contribution in [2.45, 2.75) is 44.6 Å². The van der Waals surface area contributed by atoms with Gasteiger partial charge in [-0.2, -0.15) is 0 Å². The van der Waals surface area contributed by atoms with Crippen molar-refractivity contribution >= 4 is 8.07 Å². The smallest absolute Gasteiger partial charge is 0.0852 e. The molecule has 0 amide bonds. The summed E-state index contributed by atoms with van der Waals surface area (Å²) in [6.45, 7) is 11.0. The molecule has 1 N–H and O–H groups in total. The molecule has 0 radical (unpaired) electrons. The second-order valence-electron chi connectivity index (χ2n) is 6.57. The Bertz CT molecular complexity index is 417. The van der Waals surface area contributed by atoms with E-state index in [1.54, 1.807) is 0 Å². The fraction of sp³-hybridized carbons (Fsp3) is 0.444. The highest BCUT2D eigenvalue weighted by molar-refractivity contribution is 6.76. The zero-order valence-electron chi connectivity index (χ0n) is 13.0. The molecule has 0 aliphatic carbocycles. The topological polar surface area (TPSA) is 20.2 Å². The average molecular weight is 289 g/mol. The molecule has 1 nitrogen and oxygen atoms in total. The molecular weight excluding hydrogens is 260 g/mol. The third-order valence-electron chi connectivity index (χ3n) is 3.41. The first-order chi connectivity index (χ1) is 9.44. The van der Waals surface area contributed by atoms with E-state index in [9.17, 15) is 5.11 Å². The molecule has 0 aromatic heterocycles. The van der Waals surface area contributed by atoms with E-state index in [4.69, 9.17) is 0 Å². The van der Waals surface area contributed by atoms with Crippen LogP contribution < -0.4 is 0 Å². The fourth-order valence-electron chi connectivity index (χ4n) is 2.15. The van der Waals surface area contributed by atoms with Crippen LogP contribution in [0, 0.1) is 5.92 Å². The van der Waals surface area contributed by atoms with E-state index in [0.29, 0.717) is 0 Å². The van der Waals surface area contributed by atoms with E-state index in [1.807, 2.05) is 36.4 Å². The summed E-state index contributed by atoms with van der Waals surface area (Å²) in [6, 6.07) is 11.1. The van der Waals surface area contributed by atoms with E-state index in [0.717, 1.165) is 18.4 Å². The maximum absolute atomic E-state index is 10.4. The molecule has 2 atom stereocenters. The van der Waals surface area contributed by atoms with Gasteiger partial charge in [0.1, 0.15) is 0 Å². The van der Waals surface area contributed by atoms with Crippen LogP contribution >= 0.6 is 0 Å². The van der Waals surface area contributed by atoms with Crippen molar-refractivity contribution in [1.82, 2.24) is 0 Å². The molecule has 0 fully saturated rings. The van der Waals surface area contributed by atoms with Crippen molar-refractivity contribution in [3.8, 4) is 0 Å². The number of aliphatic hydroxyl groups is 1. The second-order valence-corrected chi connectivity index (χ2v) is 12.1. The van der Waals surface area contributed by atoms with Gasteiger partial charge in [0.05, 0.1) is 6.10 Å². The van der Waals surface area contributed by atoms with E-state index >= 15 is 0 Å². The summed E-state index contributed by atoms with van der Waals surface area (Å²) in [6.07, 6.45) is 7.95. The third-order valence-corrected chi connectivity index (χ3v) is 4.87. The largest absolute Gasteiger partial charge is 0.388 e. The number of hydrogen-bond donors (Lipinski definition) is 1. The van der Waals surface area contributed by atoms with Crippen molar-refractivity contribution in [2.75, 3.05) is 0 Å². The number of rotatable bonds is 8. The highest BCUT2D eigenvalue weighted by Gasteiger charge is 2.16. The van der Waals surface area contributed by atoms with E-state index in [-0.39, 0.29) is 5.92 Å². The second kappa shape index (κ2) is 8.23. The molecule has 0 saturated carbocycles. The van der Waals surface area contributed by atoms with Gasteiger partial charge in [0.25, 0.3) is 0 Å². The fourth-order valence-corrected chi connectivity index (χ4v) is 3.02. The SMILES string of the molecule is C=C[C@@H](CC/C=C/C[Si](C)(C)C)[C@H](O)c1ccccc1. The van der Waals surface area contributed by atoms with Crippen LogP contribution in [-0.4, -0.2) is 13.2 Å². The van der Waals surface area contributed by atoms with E-state index in [1.165, 1.54) is 6.04 Å². The highest BCUT2D eigenvalue weighted by atomic mass is 28.3. The van der Waals surface area contributed by atoms with Crippen LogP contribution in [0.3, 0.4) is 0 Å². The lowest BCUT2D eigenvalue weighted by Gasteiger charge is -2.19. The number of hydrogen-bond acceptors (Lipinski definition) is 1. The Balaban J connectivity index is 2.46. The Morgan fingerprint density at radius 3 is 2.35 bits per heavy atom. The first-order valence-corrected chi connectivity index (χ1v) is 11.2. The van der Waals surface area contributed by atoms with Gasteiger partial charge in [-0.15, -0.1) is 6.58 Å². The molecule has 0 heterocycles. The number of allylic oxidation sites excluding steroid dienone is 2. The Morgan fingerprint density at radius 2 is 1.80 bits per heavy atom. The maximum Gasteiger partial charge on any atom is 0.0852 e. The maximum atomic E-state index is 10.4.